The molecule has 0 fully saturated rings. The van der Waals surface area contributed by atoms with Gasteiger partial charge in [-0.1, -0.05) is 30.3 Å². The molecular formula is C21H21O2S+. The molecule has 0 saturated carbocycles. The minimum Gasteiger partial charge on any atom is -0.497 e. The molecule has 3 heteroatoms. The quantitative estimate of drug-likeness (QED) is 0.480. The molecule has 1 unspecified atom stereocenters. The van der Waals surface area contributed by atoms with Gasteiger partial charge in [0.05, 0.1) is 7.11 Å². The number of methoxy groups -OCH3 is 1. The number of carbonyl (C=O) groups is 1. The molecule has 0 saturated heterocycles. The minimum atomic E-state index is -0.0879. The van der Waals surface area contributed by atoms with Crippen molar-refractivity contribution >= 4 is 27.5 Å². The Morgan fingerprint density at radius 3 is 2.38 bits per heavy atom. The highest BCUT2D eigenvalue weighted by molar-refractivity contribution is 7.97. The van der Waals surface area contributed by atoms with Crippen LogP contribution in [0.3, 0.4) is 0 Å². The number of benzene rings is 3. The molecule has 0 heterocycles. The van der Waals surface area contributed by atoms with Gasteiger partial charge in [-0.05, 0) is 48.7 Å². The zero-order chi connectivity index (χ0) is 16.9. The highest BCUT2D eigenvalue weighted by atomic mass is 32.2. The van der Waals surface area contributed by atoms with Crippen LogP contribution in [0.25, 0.3) is 10.8 Å². The first-order valence-corrected chi connectivity index (χ1v) is 9.61. The molecule has 24 heavy (non-hydrogen) atoms. The maximum absolute atomic E-state index is 12.7. The van der Waals surface area contributed by atoms with Crippen LogP contribution in [-0.2, 0) is 10.9 Å². The number of hydrogen-bond acceptors (Lipinski definition) is 2. The largest absolute Gasteiger partial charge is 0.497 e. The molecule has 2 nitrogen and oxygen atoms in total. The summed E-state index contributed by atoms with van der Waals surface area (Å²) in [6.45, 7) is 2.16. The van der Waals surface area contributed by atoms with Gasteiger partial charge in [-0.3, -0.25) is 4.79 Å². The summed E-state index contributed by atoms with van der Waals surface area (Å²) in [4.78, 5) is 14.0. The van der Waals surface area contributed by atoms with Crippen molar-refractivity contribution in [2.75, 3.05) is 18.6 Å². The van der Waals surface area contributed by atoms with Crippen molar-refractivity contribution in [3.05, 3.63) is 72.3 Å². The minimum absolute atomic E-state index is 0.0879. The van der Waals surface area contributed by atoms with Gasteiger partial charge in [0, 0.05) is 21.8 Å². The zero-order valence-corrected chi connectivity index (χ0v) is 14.8. The Bertz CT molecular complexity index is 835. The van der Waals surface area contributed by atoms with Gasteiger partial charge in [-0.2, -0.15) is 0 Å². The van der Waals surface area contributed by atoms with Crippen molar-refractivity contribution in [1.82, 2.24) is 0 Å². The third-order valence-corrected chi connectivity index (χ3v) is 6.41. The van der Waals surface area contributed by atoms with Gasteiger partial charge < -0.3 is 4.74 Å². The van der Waals surface area contributed by atoms with Crippen LogP contribution >= 0.6 is 0 Å². The Morgan fingerprint density at radius 2 is 1.67 bits per heavy atom. The van der Waals surface area contributed by atoms with Gasteiger partial charge in [0.15, 0.2) is 10.6 Å². The monoisotopic (exact) mass is 337 g/mol. The molecule has 0 aliphatic carbocycles. The standard InChI is InChI=1S/C21H21O2S/c1-3-24(15-20(22)17-11-13-18(23-2)14-12-17)21-10-6-8-16-7-4-5-9-19(16)21/h4-14H,3,15H2,1-2H3/q+1. The van der Waals surface area contributed by atoms with Crippen LogP contribution in [0.4, 0.5) is 0 Å². The Labute approximate surface area is 145 Å². The fraction of sp³-hybridized carbons (Fsp3) is 0.190. The Balaban J connectivity index is 1.86. The van der Waals surface area contributed by atoms with E-state index >= 15 is 0 Å². The SMILES string of the molecule is CC[S+](CC(=O)c1ccc(OC)cc1)c1cccc2ccccc12. The molecule has 3 rings (SSSR count). The molecule has 3 aromatic rings. The van der Waals surface area contributed by atoms with E-state index in [0.29, 0.717) is 5.75 Å². The van der Waals surface area contributed by atoms with Crippen LogP contribution in [0.1, 0.15) is 17.3 Å². The Morgan fingerprint density at radius 1 is 0.958 bits per heavy atom. The van der Waals surface area contributed by atoms with E-state index in [1.165, 1.54) is 15.7 Å². The van der Waals surface area contributed by atoms with Gasteiger partial charge in [-0.25, -0.2) is 0 Å². The van der Waals surface area contributed by atoms with Gasteiger partial charge in [0.2, 0.25) is 5.78 Å². The van der Waals surface area contributed by atoms with E-state index < -0.39 is 0 Å². The van der Waals surface area contributed by atoms with Crippen molar-refractivity contribution in [3.8, 4) is 5.75 Å². The van der Waals surface area contributed by atoms with Crippen molar-refractivity contribution in [2.24, 2.45) is 0 Å². The second-order valence-corrected chi connectivity index (χ2v) is 7.85. The summed E-state index contributed by atoms with van der Waals surface area (Å²) in [6, 6.07) is 22.2. The third kappa shape index (κ3) is 3.46. The molecule has 0 aromatic heterocycles. The van der Waals surface area contributed by atoms with Crippen LogP contribution in [0.5, 0.6) is 5.75 Å². The second kappa shape index (κ2) is 7.54. The predicted octanol–water partition coefficient (Wildman–Crippen LogP) is 4.73. The molecule has 122 valence electrons. The highest BCUT2D eigenvalue weighted by Gasteiger charge is 2.26. The van der Waals surface area contributed by atoms with Crippen LogP contribution < -0.4 is 4.74 Å². The zero-order valence-electron chi connectivity index (χ0n) is 14.0. The number of fused-ring (bicyclic) bond motifs is 1. The maximum Gasteiger partial charge on any atom is 0.212 e. The Hall–Kier alpha value is -2.26. The molecular weight excluding hydrogens is 316 g/mol. The number of ether oxygens (including phenoxy) is 1. The van der Waals surface area contributed by atoms with Crippen molar-refractivity contribution in [1.29, 1.82) is 0 Å². The fourth-order valence-electron chi connectivity index (χ4n) is 2.80. The van der Waals surface area contributed by atoms with Crippen molar-refractivity contribution < 1.29 is 9.53 Å². The first kappa shape index (κ1) is 16.6. The molecule has 0 spiro atoms. The summed E-state index contributed by atoms with van der Waals surface area (Å²) in [5.74, 6) is 2.48. The lowest BCUT2D eigenvalue weighted by Crippen LogP contribution is -2.19. The average molecular weight is 337 g/mol. The summed E-state index contributed by atoms with van der Waals surface area (Å²) >= 11 is 0. The summed E-state index contributed by atoms with van der Waals surface area (Å²) in [6.07, 6.45) is 0. The number of rotatable bonds is 6. The lowest BCUT2D eigenvalue weighted by Gasteiger charge is -2.09. The first-order chi connectivity index (χ1) is 11.7. The van der Waals surface area contributed by atoms with Crippen LogP contribution in [0.2, 0.25) is 0 Å². The van der Waals surface area contributed by atoms with E-state index in [-0.39, 0.29) is 16.7 Å². The number of Topliss-reactive ketones (excluding diaryl/α,β-unsaturated/α-hetero) is 1. The average Bonchev–Trinajstić information content (AvgIpc) is 2.65. The second-order valence-electron chi connectivity index (χ2n) is 5.55. The normalized spacial score (nSPS) is 12.1. The number of ketones is 1. The summed E-state index contributed by atoms with van der Waals surface area (Å²) in [5, 5.41) is 2.49. The van der Waals surface area contributed by atoms with Gasteiger partial charge in [0.25, 0.3) is 0 Å². The molecule has 0 radical (unpaired) electrons. The van der Waals surface area contributed by atoms with Gasteiger partial charge >= 0.3 is 0 Å². The summed E-state index contributed by atoms with van der Waals surface area (Å²) < 4.78 is 5.16. The molecule has 1 atom stereocenters. The summed E-state index contributed by atoms with van der Waals surface area (Å²) in [7, 11) is 1.54. The number of carbonyl (C=O) groups excluding carboxylic acids is 1. The van der Waals surface area contributed by atoms with Crippen LogP contribution in [-0.4, -0.2) is 24.4 Å². The van der Waals surface area contributed by atoms with E-state index in [1.54, 1.807) is 7.11 Å². The van der Waals surface area contributed by atoms with E-state index in [2.05, 4.69) is 49.4 Å². The number of hydrogen-bond donors (Lipinski definition) is 0. The van der Waals surface area contributed by atoms with Gasteiger partial charge in [0.1, 0.15) is 11.5 Å². The maximum atomic E-state index is 12.7. The lowest BCUT2D eigenvalue weighted by molar-refractivity contribution is 0.102. The van der Waals surface area contributed by atoms with E-state index in [9.17, 15) is 4.79 Å². The first-order valence-electron chi connectivity index (χ1n) is 8.05. The predicted molar refractivity (Wildman–Crippen MR) is 102 cm³/mol. The summed E-state index contributed by atoms with van der Waals surface area (Å²) in [5.41, 5.74) is 0.752. The molecule has 0 aliphatic heterocycles. The molecule has 0 bridgehead atoms. The highest BCUT2D eigenvalue weighted by Crippen LogP contribution is 2.26. The molecule has 3 aromatic carbocycles. The van der Waals surface area contributed by atoms with E-state index in [1.807, 2.05) is 24.3 Å². The molecule has 0 amide bonds. The molecule has 0 N–H and O–H groups in total. The van der Waals surface area contributed by atoms with E-state index in [4.69, 9.17) is 4.74 Å². The fourth-order valence-corrected chi connectivity index (χ4v) is 4.72. The van der Waals surface area contributed by atoms with Crippen LogP contribution in [0.15, 0.2) is 71.6 Å². The lowest BCUT2D eigenvalue weighted by atomic mass is 10.1. The van der Waals surface area contributed by atoms with Crippen LogP contribution in [0, 0.1) is 0 Å². The van der Waals surface area contributed by atoms with Crippen molar-refractivity contribution in [2.45, 2.75) is 11.8 Å². The third-order valence-electron chi connectivity index (χ3n) is 4.13. The molecule has 0 aliphatic rings. The van der Waals surface area contributed by atoms with Crippen molar-refractivity contribution in [3.63, 3.8) is 0 Å². The van der Waals surface area contributed by atoms with Gasteiger partial charge in [-0.15, -0.1) is 0 Å². The topological polar surface area (TPSA) is 26.3 Å². The Kier molecular flexibility index (Phi) is 5.21. The smallest absolute Gasteiger partial charge is 0.212 e. The van der Waals surface area contributed by atoms with E-state index in [0.717, 1.165) is 17.1 Å².